The van der Waals surface area contributed by atoms with Gasteiger partial charge < -0.3 is 15.6 Å². The summed E-state index contributed by atoms with van der Waals surface area (Å²) in [5.41, 5.74) is 6.47. The monoisotopic (exact) mass is 365 g/mol. The molecule has 0 spiro atoms. The summed E-state index contributed by atoms with van der Waals surface area (Å²) in [6.07, 6.45) is 0. The van der Waals surface area contributed by atoms with E-state index in [0.29, 0.717) is 10.8 Å². The van der Waals surface area contributed by atoms with Crippen LogP contribution in [0.15, 0.2) is 54.6 Å². The van der Waals surface area contributed by atoms with Crippen LogP contribution in [-0.2, 0) is 0 Å². The Labute approximate surface area is 153 Å². The molecule has 3 aromatic carbocycles. The predicted molar refractivity (Wildman–Crippen MR) is 97.4 cm³/mol. The molecule has 6 heteroatoms. The molecule has 0 amide bonds. The highest BCUT2D eigenvalue weighted by Crippen LogP contribution is 2.42. The zero-order valence-corrected chi connectivity index (χ0v) is 14.1. The van der Waals surface area contributed by atoms with Crippen LogP contribution in [-0.4, -0.2) is 16.7 Å². The van der Waals surface area contributed by atoms with Gasteiger partial charge in [-0.2, -0.15) is 0 Å². The Hall–Kier alpha value is -3.31. The third kappa shape index (κ3) is 2.41. The Kier molecular flexibility index (Phi) is 3.67. The smallest absolute Gasteiger partial charge is 0.198 e. The minimum absolute atomic E-state index is 0.000558. The number of carbonyl (C=O) groups excluding carboxylic acids is 2. The number of nitrogens with two attached hydrogens (primary N) is 1. The van der Waals surface area contributed by atoms with Crippen LogP contribution in [0.1, 0.15) is 31.8 Å². The first-order valence-corrected chi connectivity index (χ1v) is 8.12. The molecule has 3 aromatic rings. The van der Waals surface area contributed by atoms with Crippen molar-refractivity contribution in [1.29, 1.82) is 0 Å². The van der Waals surface area contributed by atoms with Gasteiger partial charge in [0.05, 0.1) is 16.8 Å². The summed E-state index contributed by atoms with van der Waals surface area (Å²) in [5.74, 6) is -0.715. The second-order valence-corrected chi connectivity index (χ2v) is 6.25. The van der Waals surface area contributed by atoms with E-state index in [0.717, 1.165) is 0 Å². The van der Waals surface area contributed by atoms with Crippen LogP contribution in [0.3, 0.4) is 0 Å². The van der Waals surface area contributed by atoms with Gasteiger partial charge in [0.15, 0.2) is 17.3 Å². The van der Waals surface area contributed by atoms with Crippen LogP contribution in [0.25, 0.3) is 0 Å². The molecule has 1 aliphatic carbocycles. The number of benzene rings is 3. The Morgan fingerprint density at radius 1 is 0.885 bits per heavy atom. The topological polar surface area (TPSA) is 89.6 Å². The van der Waals surface area contributed by atoms with E-state index in [1.807, 2.05) is 0 Å². The molecule has 0 radical (unpaired) electrons. The average Bonchev–Trinajstić information content (AvgIpc) is 2.64. The van der Waals surface area contributed by atoms with E-state index in [9.17, 15) is 14.7 Å². The molecule has 5 nitrogen and oxygen atoms in total. The van der Waals surface area contributed by atoms with E-state index in [2.05, 4.69) is 0 Å². The second kappa shape index (κ2) is 5.89. The van der Waals surface area contributed by atoms with Gasteiger partial charge in [0.25, 0.3) is 0 Å². The number of ketones is 2. The lowest BCUT2D eigenvalue weighted by Gasteiger charge is -2.21. The summed E-state index contributed by atoms with van der Waals surface area (Å²) < 4.78 is 5.68. The normalized spacial score (nSPS) is 12.5. The molecule has 3 N–H and O–H groups in total. The highest BCUT2D eigenvalue weighted by atomic mass is 35.5. The fraction of sp³-hybridized carbons (Fsp3) is 0. The molecule has 26 heavy (non-hydrogen) atoms. The summed E-state index contributed by atoms with van der Waals surface area (Å²) in [6.45, 7) is 0. The van der Waals surface area contributed by atoms with Crippen molar-refractivity contribution in [3.05, 3.63) is 81.9 Å². The number of phenols is 1. The molecular weight excluding hydrogens is 354 g/mol. The Morgan fingerprint density at radius 2 is 1.46 bits per heavy atom. The number of halogens is 1. The van der Waals surface area contributed by atoms with Gasteiger partial charge in [-0.1, -0.05) is 35.9 Å². The number of nitrogen functional groups attached to an aromatic ring is 1. The number of hydrogen-bond donors (Lipinski definition) is 2. The largest absolute Gasteiger partial charge is 0.507 e. The predicted octanol–water partition coefficient (Wildman–Crippen LogP) is 4.20. The number of phenolic OH excluding ortho intramolecular Hbond substituents is 1. The lowest BCUT2D eigenvalue weighted by Crippen LogP contribution is -2.22. The lowest BCUT2D eigenvalue weighted by atomic mass is 9.82. The van der Waals surface area contributed by atoms with Crippen LogP contribution in [0.5, 0.6) is 17.2 Å². The summed E-state index contributed by atoms with van der Waals surface area (Å²) in [6, 6.07) is 14.2. The first kappa shape index (κ1) is 16.2. The Morgan fingerprint density at radius 3 is 2.08 bits per heavy atom. The van der Waals surface area contributed by atoms with Crippen molar-refractivity contribution in [1.82, 2.24) is 0 Å². The van der Waals surface area contributed by atoms with Crippen LogP contribution >= 0.6 is 11.6 Å². The molecule has 0 fully saturated rings. The van der Waals surface area contributed by atoms with Crippen LogP contribution < -0.4 is 10.5 Å². The second-order valence-electron chi connectivity index (χ2n) is 5.82. The summed E-state index contributed by atoms with van der Waals surface area (Å²) in [7, 11) is 0. The van der Waals surface area contributed by atoms with Gasteiger partial charge in [0, 0.05) is 22.2 Å². The molecule has 0 unspecified atom stereocenters. The number of fused-ring (bicyclic) bond motifs is 2. The standard InChI is InChI=1S/C20H12ClNO4/c21-10-5-7-11(8-6-10)26-15-9-14(23)16-17(18(15)22)20(25)13-4-2-1-3-12(13)19(16)24/h1-9,23H,22H2. The quantitative estimate of drug-likeness (QED) is 0.410. The maximum absolute atomic E-state index is 12.9. The number of hydrogen-bond acceptors (Lipinski definition) is 5. The van der Waals surface area contributed by atoms with Gasteiger partial charge in [0.1, 0.15) is 11.5 Å². The minimum Gasteiger partial charge on any atom is -0.507 e. The molecule has 0 bridgehead atoms. The van der Waals surface area contributed by atoms with Gasteiger partial charge >= 0.3 is 0 Å². The van der Waals surface area contributed by atoms with Crippen molar-refractivity contribution in [2.45, 2.75) is 0 Å². The van der Waals surface area contributed by atoms with Gasteiger partial charge in [0.2, 0.25) is 0 Å². The number of anilines is 1. The first-order chi connectivity index (χ1) is 12.5. The highest BCUT2D eigenvalue weighted by molar-refractivity contribution is 6.31. The van der Waals surface area contributed by atoms with E-state index >= 15 is 0 Å². The van der Waals surface area contributed by atoms with Crippen molar-refractivity contribution in [3.63, 3.8) is 0 Å². The molecular formula is C20H12ClNO4. The molecule has 0 heterocycles. The average molecular weight is 366 g/mol. The summed E-state index contributed by atoms with van der Waals surface area (Å²) in [4.78, 5) is 25.6. The van der Waals surface area contributed by atoms with Crippen LogP contribution in [0, 0.1) is 0 Å². The molecule has 4 rings (SSSR count). The number of ether oxygens (including phenoxy) is 1. The van der Waals surface area contributed by atoms with Crippen LogP contribution in [0.2, 0.25) is 5.02 Å². The van der Waals surface area contributed by atoms with Gasteiger partial charge in [-0.05, 0) is 24.3 Å². The fourth-order valence-corrected chi connectivity index (χ4v) is 3.11. The number of aromatic hydroxyl groups is 1. The van der Waals surface area contributed by atoms with Crippen molar-refractivity contribution >= 4 is 28.9 Å². The first-order valence-electron chi connectivity index (χ1n) is 7.74. The van der Waals surface area contributed by atoms with Gasteiger partial charge in [-0.3, -0.25) is 9.59 Å². The van der Waals surface area contributed by atoms with Crippen molar-refractivity contribution < 1.29 is 19.4 Å². The molecule has 0 saturated heterocycles. The van der Waals surface area contributed by atoms with Crippen molar-refractivity contribution in [3.8, 4) is 17.2 Å². The van der Waals surface area contributed by atoms with Gasteiger partial charge in [-0.15, -0.1) is 0 Å². The number of rotatable bonds is 2. The van der Waals surface area contributed by atoms with Crippen molar-refractivity contribution in [2.24, 2.45) is 0 Å². The van der Waals surface area contributed by atoms with Gasteiger partial charge in [-0.25, -0.2) is 0 Å². The molecule has 0 aliphatic heterocycles. The SMILES string of the molecule is Nc1c(Oc2ccc(Cl)cc2)cc(O)c2c1C(=O)c1ccccc1C2=O. The Bertz CT molecular complexity index is 1070. The number of carbonyl (C=O) groups is 2. The molecule has 1 aliphatic rings. The molecule has 0 atom stereocenters. The summed E-state index contributed by atoms with van der Waals surface area (Å²) >= 11 is 5.85. The van der Waals surface area contributed by atoms with E-state index in [1.165, 1.54) is 6.07 Å². The maximum Gasteiger partial charge on any atom is 0.198 e. The molecule has 128 valence electrons. The zero-order valence-electron chi connectivity index (χ0n) is 13.3. The molecule has 0 saturated carbocycles. The van der Waals surface area contributed by atoms with Crippen LogP contribution in [0.4, 0.5) is 5.69 Å². The summed E-state index contributed by atoms with van der Waals surface area (Å²) in [5, 5.41) is 10.9. The lowest BCUT2D eigenvalue weighted by molar-refractivity contribution is 0.0977. The third-order valence-electron chi connectivity index (χ3n) is 4.22. The van der Waals surface area contributed by atoms with E-state index < -0.39 is 11.6 Å². The van der Waals surface area contributed by atoms with Crippen molar-refractivity contribution in [2.75, 3.05) is 5.73 Å². The maximum atomic E-state index is 12.9. The minimum atomic E-state index is -0.447. The zero-order chi connectivity index (χ0) is 18.4. The third-order valence-corrected chi connectivity index (χ3v) is 4.47. The van der Waals surface area contributed by atoms with E-state index in [4.69, 9.17) is 22.1 Å². The Balaban J connectivity index is 1.87. The van der Waals surface area contributed by atoms with E-state index in [1.54, 1.807) is 48.5 Å². The fourth-order valence-electron chi connectivity index (χ4n) is 2.99. The van der Waals surface area contributed by atoms with E-state index in [-0.39, 0.29) is 39.4 Å². The molecule has 0 aromatic heterocycles. The highest BCUT2D eigenvalue weighted by Gasteiger charge is 2.35.